The fourth-order valence-corrected chi connectivity index (χ4v) is 5.05. The smallest absolute Gasteiger partial charge is 0.288 e. The average Bonchev–Trinajstić information content (AvgIpc) is 3.38. The van der Waals surface area contributed by atoms with Crippen molar-refractivity contribution < 1.29 is 35.0 Å². The van der Waals surface area contributed by atoms with Crippen molar-refractivity contribution in [1.82, 2.24) is 4.98 Å². The number of rotatable bonds is 7. The van der Waals surface area contributed by atoms with Gasteiger partial charge in [-0.3, -0.25) is 0 Å². The fraction of sp³-hybridized carbons (Fsp3) is 0.455. The van der Waals surface area contributed by atoms with E-state index in [1.807, 2.05) is 12.3 Å². The number of aliphatic hydroxyl groups excluding tert-OH is 4. The molecule has 0 amide bonds. The van der Waals surface area contributed by atoms with E-state index in [0.29, 0.717) is 11.8 Å². The molecule has 1 aliphatic rings. The lowest BCUT2D eigenvalue weighted by molar-refractivity contribution is -0.385. The minimum absolute atomic E-state index is 0.220. The van der Waals surface area contributed by atoms with Gasteiger partial charge >= 0.3 is 0 Å². The normalized spacial score (nSPS) is 28.8. The van der Waals surface area contributed by atoms with Crippen molar-refractivity contribution in [1.29, 1.82) is 0 Å². The van der Waals surface area contributed by atoms with Gasteiger partial charge in [-0.15, -0.1) is 11.3 Å². The second-order valence-corrected chi connectivity index (χ2v) is 9.04. The van der Waals surface area contributed by atoms with Gasteiger partial charge in [-0.05, 0) is 36.2 Å². The quantitative estimate of drug-likeness (QED) is 0.299. The summed E-state index contributed by atoms with van der Waals surface area (Å²) >= 11 is 1.75. The van der Waals surface area contributed by atoms with Crippen LogP contribution in [-0.2, 0) is 17.6 Å². The topological polar surface area (TPSA) is 135 Å². The lowest BCUT2D eigenvalue weighted by Crippen LogP contribution is -2.69. The third kappa shape index (κ3) is 4.10. The molecule has 3 aromatic rings. The summed E-state index contributed by atoms with van der Waals surface area (Å²) in [6.07, 6.45) is -2.15. The van der Waals surface area contributed by atoms with E-state index in [9.17, 15) is 25.5 Å². The summed E-state index contributed by atoms with van der Waals surface area (Å²) in [5.41, 5.74) is 1.68. The molecule has 168 valence electrons. The van der Waals surface area contributed by atoms with Crippen LogP contribution in [0.5, 0.6) is 5.75 Å². The molecule has 1 aromatic carbocycles. The van der Waals surface area contributed by atoms with Gasteiger partial charge in [0.05, 0.1) is 6.61 Å². The minimum atomic E-state index is -2.62. The molecule has 5 atom stereocenters. The van der Waals surface area contributed by atoms with E-state index in [4.69, 9.17) is 9.47 Å². The monoisotopic (exact) mass is 449 g/mol. The number of ether oxygens (including phenoxy) is 2. The Kier molecular flexibility index (Phi) is 6.36. The molecular weight excluding hydrogens is 422 g/mol. The number of nitrogens with one attached hydrogen (secondary N) is 1. The first kappa shape index (κ1) is 22.2. The number of fused-ring (bicyclic) bond motifs is 1. The number of aromatic amines is 1. The van der Waals surface area contributed by atoms with Crippen LogP contribution in [0.4, 0.5) is 0 Å². The zero-order chi connectivity index (χ0) is 22.2. The maximum absolute atomic E-state index is 10.9. The van der Waals surface area contributed by atoms with Crippen LogP contribution in [0.25, 0.3) is 10.9 Å². The highest BCUT2D eigenvalue weighted by Crippen LogP contribution is 2.37. The molecule has 1 aliphatic heterocycles. The molecule has 1 fully saturated rings. The fourth-order valence-electron chi connectivity index (χ4n) is 3.91. The largest absolute Gasteiger partial charge is 0.454 e. The maximum Gasteiger partial charge on any atom is 0.288 e. The van der Waals surface area contributed by atoms with Crippen molar-refractivity contribution in [2.75, 3.05) is 6.61 Å². The van der Waals surface area contributed by atoms with Crippen molar-refractivity contribution in [2.24, 2.45) is 0 Å². The molecule has 31 heavy (non-hydrogen) atoms. The van der Waals surface area contributed by atoms with E-state index in [0.717, 1.165) is 23.9 Å². The zero-order valence-electron chi connectivity index (χ0n) is 17.1. The molecule has 0 spiro atoms. The highest BCUT2D eigenvalue weighted by atomic mass is 32.1. The Morgan fingerprint density at radius 2 is 1.94 bits per heavy atom. The number of aromatic nitrogens is 1. The summed E-state index contributed by atoms with van der Waals surface area (Å²) in [5.74, 6) is -2.40. The van der Waals surface area contributed by atoms with E-state index in [1.165, 1.54) is 9.75 Å². The van der Waals surface area contributed by atoms with Crippen LogP contribution in [0.2, 0.25) is 0 Å². The highest BCUT2D eigenvalue weighted by molar-refractivity contribution is 7.12. The molecule has 0 radical (unpaired) electrons. The first-order valence-corrected chi connectivity index (χ1v) is 11.1. The van der Waals surface area contributed by atoms with Gasteiger partial charge < -0.3 is 40.0 Å². The van der Waals surface area contributed by atoms with Crippen molar-refractivity contribution in [2.45, 2.75) is 56.6 Å². The van der Waals surface area contributed by atoms with Gasteiger partial charge in [0.15, 0.2) is 6.10 Å². The van der Waals surface area contributed by atoms with E-state index >= 15 is 0 Å². The zero-order valence-corrected chi connectivity index (χ0v) is 17.9. The summed E-state index contributed by atoms with van der Waals surface area (Å²) in [5, 5.41) is 51.7. The molecule has 1 saturated heterocycles. The van der Waals surface area contributed by atoms with Crippen molar-refractivity contribution >= 4 is 22.2 Å². The van der Waals surface area contributed by atoms with Crippen LogP contribution in [0.15, 0.2) is 36.5 Å². The lowest BCUT2D eigenvalue weighted by Gasteiger charge is -2.45. The first-order chi connectivity index (χ1) is 14.9. The first-order valence-electron chi connectivity index (χ1n) is 10.3. The Hall–Kier alpha value is -1.98. The number of benzene rings is 1. The number of thiophene rings is 1. The van der Waals surface area contributed by atoms with Crippen molar-refractivity contribution in [3.8, 4) is 5.75 Å². The summed E-state index contributed by atoms with van der Waals surface area (Å²) in [4.78, 5) is 5.68. The average molecular weight is 450 g/mol. The van der Waals surface area contributed by atoms with Gasteiger partial charge in [0, 0.05) is 33.3 Å². The third-order valence-corrected chi connectivity index (χ3v) is 6.71. The molecule has 1 unspecified atom stereocenters. The van der Waals surface area contributed by atoms with Gasteiger partial charge in [-0.25, -0.2) is 0 Å². The van der Waals surface area contributed by atoms with Gasteiger partial charge in [0.25, 0.3) is 5.79 Å². The van der Waals surface area contributed by atoms with E-state index in [1.54, 1.807) is 23.5 Å². The number of hydrogen-bond acceptors (Lipinski definition) is 8. The Balaban J connectivity index is 1.66. The summed E-state index contributed by atoms with van der Waals surface area (Å²) in [6.45, 7) is 1.51. The molecule has 0 bridgehead atoms. The number of aliphatic hydroxyl groups is 5. The van der Waals surface area contributed by atoms with Crippen LogP contribution in [0.3, 0.4) is 0 Å². The second kappa shape index (κ2) is 8.87. The molecule has 9 heteroatoms. The van der Waals surface area contributed by atoms with Gasteiger partial charge in [0.2, 0.25) is 6.29 Å². The third-order valence-electron chi connectivity index (χ3n) is 5.57. The van der Waals surface area contributed by atoms with Crippen LogP contribution in [0, 0.1) is 0 Å². The SMILES string of the molecule is CCCc1ccc(Cc2c[nH]c3cccc(O[C@]4(O)C(O)O[C@H](CO)[C@@H](O)[C@@H]4O)c23)s1. The molecule has 8 nitrogen and oxygen atoms in total. The van der Waals surface area contributed by atoms with Crippen molar-refractivity contribution in [3.05, 3.63) is 51.8 Å². The van der Waals surface area contributed by atoms with Crippen molar-refractivity contribution in [3.63, 3.8) is 0 Å². The molecule has 0 saturated carbocycles. The van der Waals surface area contributed by atoms with E-state index in [2.05, 4.69) is 24.0 Å². The van der Waals surface area contributed by atoms with Gasteiger partial charge in [0.1, 0.15) is 18.0 Å². The molecule has 6 N–H and O–H groups in total. The molecule has 0 aliphatic carbocycles. The Labute approximate surface area is 183 Å². The Morgan fingerprint density at radius 1 is 1.16 bits per heavy atom. The van der Waals surface area contributed by atoms with Crippen LogP contribution in [-0.4, -0.2) is 67.5 Å². The standard InChI is InChI=1S/C22H27NO7S/c1-2-4-13-7-8-14(31-13)9-12-10-23-15-5-3-6-16(18(12)15)30-22(28)20(26)19(25)17(11-24)29-21(22)27/h3,5-8,10,17,19-21,23-28H,2,4,9,11H2,1H3/t17-,19-,20+,21?,22+/m1/s1. The van der Waals surface area contributed by atoms with Crippen LogP contribution < -0.4 is 4.74 Å². The van der Waals surface area contributed by atoms with E-state index < -0.39 is 37.0 Å². The number of hydrogen-bond donors (Lipinski definition) is 6. The summed E-state index contributed by atoms with van der Waals surface area (Å²) < 4.78 is 10.8. The van der Waals surface area contributed by atoms with Crippen LogP contribution in [0.1, 0.15) is 28.7 Å². The van der Waals surface area contributed by atoms with Gasteiger partial charge in [-0.2, -0.15) is 0 Å². The second-order valence-electron chi connectivity index (χ2n) is 7.79. The summed E-state index contributed by atoms with van der Waals surface area (Å²) in [6, 6.07) is 9.40. The summed E-state index contributed by atoms with van der Waals surface area (Å²) in [7, 11) is 0. The number of aryl methyl sites for hydroxylation is 1. The number of H-pyrrole nitrogens is 1. The lowest BCUT2D eigenvalue weighted by atomic mass is 9.95. The molecule has 2 aromatic heterocycles. The molecule has 4 rings (SSSR count). The predicted octanol–water partition coefficient (Wildman–Crippen LogP) is 1.27. The molecular formula is C22H27NO7S. The highest BCUT2D eigenvalue weighted by Gasteiger charge is 2.57. The van der Waals surface area contributed by atoms with E-state index in [-0.39, 0.29) is 5.75 Å². The minimum Gasteiger partial charge on any atom is -0.454 e. The maximum atomic E-state index is 10.9. The predicted molar refractivity (Wildman–Crippen MR) is 115 cm³/mol. The molecule has 3 heterocycles. The Morgan fingerprint density at radius 3 is 2.68 bits per heavy atom. The Bertz CT molecular complexity index is 1030. The van der Waals surface area contributed by atoms with Crippen LogP contribution >= 0.6 is 11.3 Å². The van der Waals surface area contributed by atoms with Gasteiger partial charge in [-0.1, -0.05) is 19.4 Å².